The highest BCUT2D eigenvalue weighted by molar-refractivity contribution is 5.78. The zero-order valence-electron chi connectivity index (χ0n) is 13.9. The first-order valence-corrected chi connectivity index (χ1v) is 7.71. The maximum atomic E-state index is 12.9. The van der Waals surface area contributed by atoms with Gasteiger partial charge in [0.15, 0.2) is 0 Å². The van der Waals surface area contributed by atoms with Gasteiger partial charge in [0.05, 0.1) is 18.4 Å². The first-order valence-electron chi connectivity index (χ1n) is 7.71. The molecule has 0 aromatic carbocycles. The van der Waals surface area contributed by atoms with E-state index in [1.165, 1.54) is 9.80 Å². The molecule has 3 atom stereocenters. The Labute approximate surface area is 134 Å². The van der Waals surface area contributed by atoms with E-state index in [-0.39, 0.29) is 25.0 Å². The van der Waals surface area contributed by atoms with Crippen molar-refractivity contribution >= 4 is 11.9 Å². The molecule has 8 heteroatoms. The van der Waals surface area contributed by atoms with Crippen molar-refractivity contribution in [2.24, 2.45) is 17.8 Å². The predicted octanol–water partition coefficient (Wildman–Crippen LogP) is 2.07. The van der Waals surface area contributed by atoms with Crippen LogP contribution in [0.5, 0.6) is 0 Å². The third-order valence-electron chi connectivity index (χ3n) is 4.36. The quantitative estimate of drug-likeness (QED) is 0.805. The molecule has 1 rings (SSSR count). The number of aliphatic carboxylic acids is 1. The Bertz CT molecular complexity index is 440. The van der Waals surface area contributed by atoms with Crippen LogP contribution >= 0.6 is 0 Å². The molecule has 134 valence electrons. The van der Waals surface area contributed by atoms with Crippen molar-refractivity contribution < 1.29 is 27.9 Å². The van der Waals surface area contributed by atoms with Gasteiger partial charge in [0.25, 0.3) is 0 Å². The Kier molecular flexibility index (Phi) is 6.44. The van der Waals surface area contributed by atoms with Crippen LogP contribution in [-0.4, -0.2) is 65.7 Å². The van der Waals surface area contributed by atoms with Gasteiger partial charge in [-0.1, -0.05) is 13.8 Å². The number of hydrogen-bond acceptors (Lipinski definition) is 3. The molecular weight excluding hydrogens is 313 g/mol. The standard InChI is InChI=1S/C15H25F3N2O3/c1-9(2)5-10(3)19(4)13(21)8-20-6-11(14(22)23)12(7-20)15(16,17)18/h9-12H,5-8H2,1-4H3,(H,22,23)/t10?,11-,12-/m1/s1. The molecule has 1 amide bonds. The van der Waals surface area contributed by atoms with Gasteiger partial charge < -0.3 is 10.0 Å². The van der Waals surface area contributed by atoms with Gasteiger partial charge in [-0.25, -0.2) is 0 Å². The average molecular weight is 338 g/mol. The van der Waals surface area contributed by atoms with Crippen LogP contribution in [0.25, 0.3) is 0 Å². The van der Waals surface area contributed by atoms with Gasteiger partial charge in [0, 0.05) is 26.2 Å². The van der Waals surface area contributed by atoms with Crippen molar-refractivity contribution in [3.05, 3.63) is 0 Å². The lowest BCUT2D eigenvalue weighted by Gasteiger charge is -2.28. The fourth-order valence-electron chi connectivity index (χ4n) is 2.99. The van der Waals surface area contributed by atoms with Crippen LogP contribution in [-0.2, 0) is 9.59 Å². The topological polar surface area (TPSA) is 60.9 Å². The fourth-order valence-corrected chi connectivity index (χ4v) is 2.99. The molecule has 5 nitrogen and oxygen atoms in total. The summed E-state index contributed by atoms with van der Waals surface area (Å²) in [6.07, 6.45) is -3.77. The van der Waals surface area contributed by atoms with Crippen LogP contribution in [0, 0.1) is 17.8 Å². The van der Waals surface area contributed by atoms with Crippen LogP contribution in [0.1, 0.15) is 27.2 Å². The van der Waals surface area contributed by atoms with Gasteiger partial charge in [-0.05, 0) is 19.3 Å². The summed E-state index contributed by atoms with van der Waals surface area (Å²) in [5.41, 5.74) is 0. The zero-order chi connectivity index (χ0) is 17.9. The third-order valence-corrected chi connectivity index (χ3v) is 4.36. The van der Waals surface area contributed by atoms with E-state index in [0.29, 0.717) is 5.92 Å². The first kappa shape index (κ1) is 19.7. The van der Waals surface area contributed by atoms with Crippen LogP contribution < -0.4 is 0 Å². The Hall–Kier alpha value is -1.31. The van der Waals surface area contributed by atoms with Gasteiger partial charge in [0.1, 0.15) is 0 Å². The molecule has 0 spiro atoms. The summed E-state index contributed by atoms with van der Waals surface area (Å²) in [5, 5.41) is 8.97. The molecule has 1 N–H and O–H groups in total. The summed E-state index contributed by atoms with van der Waals surface area (Å²) in [4.78, 5) is 26.1. The third kappa shape index (κ3) is 5.37. The summed E-state index contributed by atoms with van der Waals surface area (Å²) in [6.45, 7) is 5.06. The Balaban J connectivity index is 2.67. The van der Waals surface area contributed by atoms with E-state index in [0.717, 1.165) is 6.42 Å². The average Bonchev–Trinajstić information content (AvgIpc) is 2.80. The number of amides is 1. The lowest BCUT2D eigenvalue weighted by molar-refractivity contribution is -0.188. The Morgan fingerprint density at radius 3 is 2.22 bits per heavy atom. The summed E-state index contributed by atoms with van der Waals surface area (Å²) >= 11 is 0. The number of rotatable bonds is 6. The van der Waals surface area contributed by atoms with E-state index in [1.807, 2.05) is 20.8 Å². The smallest absolute Gasteiger partial charge is 0.393 e. The fraction of sp³-hybridized carbons (Fsp3) is 0.867. The number of carboxylic acids is 1. The Morgan fingerprint density at radius 1 is 1.26 bits per heavy atom. The number of carboxylic acid groups (broad SMARTS) is 1. The van der Waals surface area contributed by atoms with Crippen molar-refractivity contribution in [1.82, 2.24) is 9.80 Å². The van der Waals surface area contributed by atoms with E-state index >= 15 is 0 Å². The van der Waals surface area contributed by atoms with Crippen molar-refractivity contribution in [1.29, 1.82) is 0 Å². The molecule has 0 aliphatic carbocycles. The normalized spacial score (nSPS) is 24.0. The van der Waals surface area contributed by atoms with E-state index in [9.17, 15) is 22.8 Å². The molecule has 23 heavy (non-hydrogen) atoms. The molecule has 0 bridgehead atoms. The van der Waals surface area contributed by atoms with Crippen LogP contribution in [0.15, 0.2) is 0 Å². The molecule has 0 saturated carbocycles. The van der Waals surface area contributed by atoms with Gasteiger partial charge in [-0.15, -0.1) is 0 Å². The number of hydrogen-bond donors (Lipinski definition) is 1. The van der Waals surface area contributed by atoms with Crippen LogP contribution in [0.4, 0.5) is 13.2 Å². The van der Waals surface area contributed by atoms with Crippen molar-refractivity contribution in [3.63, 3.8) is 0 Å². The molecule has 0 radical (unpaired) electrons. The van der Waals surface area contributed by atoms with Crippen LogP contribution in [0.2, 0.25) is 0 Å². The maximum Gasteiger partial charge on any atom is 0.393 e. The second kappa shape index (κ2) is 7.51. The lowest BCUT2D eigenvalue weighted by atomic mass is 9.96. The number of halogens is 3. The number of alkyl halides is 3. The summed E-state index contributed by atoms with van der Waals surface area (Å²) < 4.78 is 38.8. The van der Waals surface area contributed by atoms with Gasteiger partial charge in [-0.2, -0.15) is 13.2 Å². The van der Waals surface area contributed by atoms with Crippen molar-refractivity contribution in [2.45, 2.75) is 39.4 Å². The lowest BCUT2D eigenvalue weighted by Crippen LogP contribution is -2.42. The molecule has 1 heterocycles. The molecule has 1 unspecified atom stereocenters. The molecule has 1 aliphatic heterocycles. The maximum absolute atomic E-state index is 12.9. The highest BCUT2D eigenvalue weighted by atomic mass is 19.4. The minimum Gasteiger partial charge on any atom is -0.481 e. The van der Waals surface area contributed by atoms with E-state index in [1.54, 1.807) is 7.05 Å². The highest BCUT2D eigenvalue weighted by Gasteiger charge is 2.52. The number of likely N-dealkylation sites (tertiary alicyclic amines) is 1. The Morgan fingerprint density at radius 2 is 1.83 bits per heavy atom. The summed E-state index contributed by atoms with van der Waals surface area (Å²) in [7, 11) is 1.63. The number of likely N-dealkylation sites (N-methyl/N-ethyl adjacent to an activating group) is 1. The van der Waals surface area contributed by atoms with E-state index < -0.39 is 30.5 Å². The zero-order valence-corrected chi connectivity index (χ0v) is 13.9. The number of nitrogens with zero attached hydrogens (tertiary/aromatic N) is 2. The molecule has 0 aromatic heterocycles. The number of carbonyl (C=O) groups is 2. The second-order valence-electron chi connectivity index (χ2n) is 6.77. The molecule has 0 aromatic rings. The van der Waals surface area contributed by atoms with E-state index in [2.05, 4.69) is 0 Å². The van der Waals surface area contributed by atoms with Crippen molar-refractivity contribution in [3.8, 4) is 0 Å². The van der Waals surface area contributed by atoms with Gasteiger partial charge >= 0.3 is 12.1 Å². The second-order valence-corrected chi connectivity index (χ2v) is 6.77. The SMILES string of the molecule is CC(C)CC(C)N(C)C(=O)CN1C[C@@H](C(F)(F)F)[C@H](C(=O)O)C1. The molecule has 1 fully saturated rings. The molecular formula is C15H25F3N2O3. The van der Waals surface area contributed by atoms with Crippen molar-refractivity contribution in [2.75, 3.05) is 26.7 Å². The minimum atomic E-state index is -4.57. The largest absolute Gasteiger partial charge is 0.481 e. The van der Waals surface area contributed by atoms with Crippen LogP contribution in [0.3, 0.4) is 0 Å². The minimum absolute atomic E-state index is 0.0150. The van der Waals surface area contributed by atoms with Gasteiger partial charge in [0.2, 0.25) is 5.91 Å². The molecule has 1 aliphatic rings. The van der Waals surface area contributed by atoms with Gasteiger partial charge in [-0.3, -0.25) is 14.5 Å². The highest BCUT2D eigenvalue weighted by Crippen LogP contribution is 2.37. The summed E-state index contributed by atoms with van der Waals surface area (Å²) in [5.74, 6) is -4.79. The molecule has 1 saturated heterocycles. The monoisotopic (exact) mass is 338 g/mol. The number of carbonyl (C=O) groups excluding carboxylic acids is 1. The van der Waals surface area contributed by atoms with E-state index in [4.69, 9.17) is 5.11 Å². The predicted molar refractivity (Wildman–Crippen MR) is 78.8 cm³/mol. The summed E-state index contributed by atoms with van der Waals surface area (Å²) in [6, 6.07) is -0.0150. The first-order chi connectivity index (χ1) is 10.4.